The first-order valence-corrected chi connectivity index (χ1v) is 34.7. The number of allylic oxidation sites excluding steroid dienone is 2. The molecule has 0 amide bonds. The summed E-state index contributed by atoms with van der Waals surface area (Å²) in [4.78, 5) is 38.0. The van der Waals surface area contributed by atoms with Crippen LogP contribution in [0.15, 0.2) is 12.2 Å². The van der Waals surface area contributed by atoms with Crippen molar-refractivity contribution in [3.63, 3.8) is 0 Å². The topological polar surface area (TPSA) is 78.9 Å². The van der Waals surface area contributed by atoms with E-state index in [1.165, 1.54) is 302 Å². The van der Waals surface area contributed by atoms with Crippen LogP contribution < -0.4 is 0 Å². The van der Waals surface area contributed by atoms with E-state index in [2.05, 4.69) is 32.9 Å². The van der Waals surface area contributed by atoms with Gasteiger partial charge >= 0.3 is 17.9 Å². The molecule has 6 heteroatoms. The van der Waals surface area contributed by atoms with Gasteiger partial charge in [-0.3, -0.25) is 14.4 Å². The normalized spacial score (nSPS) is 12.0. The summed E-state index contributed by atoms with van der Waals surface area (Å²) in [6.07, 6.45) is 78.7. The van der Waals surface area contributed by atoms with Gasteiger partial charge in [-0.05, 0) is 44.9 Å². The Morgan fingerprint density at radius 2 is 0.434 bits per heavy atom. The van der Waals surface area contributed by atoms with Crippen molar-refractivity contribution in [2.75, 3.05) is 13.2 Å². The number of rotatable bonds is 65. The Kier molecular flexibility index (Phi) is 64.1. The molecule has 6 nitrogen and oxygen atoms in total. The maximum atomic E-state index is 12.8. The number of esters is 3. The molecule has 0 N–H and O–H groups in total. The van der Waals surface area contributed by atoms with E-state index in [0.717, 1.165) is 57.8 Å². The summed E-state index contributed by atoms with van der Waals surface area (Å²) >= 11 is 0. The second kappa shape index (κ2) is 65.7. The van der Waals surface area contributed by atoms with Crippen LogP contribution in [0.3, 0.4) is 0 Å². The van der Waals surface area contributed by atoms with Crippen LogP contribution in [0.1, 0.15) is 400 Å². The number of ether oxygens (including phenoxy) is 3. The molecular weight excluding hydrogens is 937 g/mol. The predicted molar refractivity (Wildman–Crippen MR) is 330 cm³/mol. The first-order valence-electron chi connectivity index (χ1n) is 34.7. The lowest BCUT2D eigenvalue weighted by Crippen LogP contribution is -2.30. The highest BCUT2D eigenvalue weighted by Gasteiger charge is 2.19. The quantitative estimate of drug-likeness (QED) is 0.0261. The fourth-order valence-electron chi connectivity index (χ4n) is 10.8. The molecule has 0 bridgehead atoms. The van der Waals surface area contributed by atoms with Crippen molar-refractivity contribution in [1.82, 2.24) is 0 Å². The molecule has 1 atom stereocenters. The number of unbranched alkanes of at least 4 members (excludes halogenated alkanes) is 52. The molecule has 0 aromatic rings. The standard InChI is InChI=1S/C70H134O6/c1-4-7-10-13-16-18-20-22-24-26-28-29-30-31-32-33-34-35-36-37-38-39-40-41-43-44-46-48-50-52-54-57-60-63-69(72)75-66-67(65-74-68(71)62-59-56-15-12-9-6-3)76-70(73)64-61-58-55-53-51-49-47-45-42-27-25-23-21-19-17-14-11-8-5-2/h23,25,67H,4-22,24,26-66H2,1-3H3/b25-23-. The van der Waals surface area contributed by atoms with E-state index >= 15 is 0 Å². The predicted octanol–water partition coefficient (Wildman–Crippen LogP) is 23.6. The first-order chi connectivity index (χ1) is 37.5. The van der Waals surface area contributed by atoms with Crippen LogP contribution in [0.5, 0.6) is 0 Å². The average molecular weight is 1070 g/mol. The Labute approximate surface area is 475 Å². The van der Waals surface area contributed by atoms with Gasteiger partial charge in [0.05, 0.1) is 0 Å². The molecule has 0 saturated carbocycles. The number of carbonyl (C=O) groups is 3. The molecule has 0 spiro atoms. The maximum absolute atomic E-state index is 12.8. The highest BCUT2D eigenvalue weighted by molar-refractivity contribution is 5.71. The third-order valence-electron chi connectivity index (χ3n) is 16.0. The van der Waals surface area contributed by atoms with Gasteiger partial charge in [-0.25, -0.2) is 0 Å². The fourth-order valence-corrected chi connectivity index (χ4v) is 10.8. The SMILES string of the molecule is CCCCCCCC/C=C\CCCCCCCCCCCC(=O)OC(COC(=O)CCCCCCCC)COC(=O)CCCCCCCCCCCCCCCCCCCCCCCCCCCCCCCCCCC. The summed E-state index contributed by atoms with van der Waals surface area (Å²) in [7, 11) is 0. The van der Waals surface area contributed by atoms with Crippen LogP contribution in [-0.2, 0) is 28.6 Å². The van der Waals surface area contributed by atoms with E-state index in [-0.39, 0.29) is 31.1 Å². The fraction of sp³-hybridized carbons (Fsp3) is 0.929. The molecule has 0 saturated heterocycles. The lowest BCUT2D eigenvalue weighted by molar-refractivity contribution is -0.167. The van der Waals surface area contributed by atoms with Gasteiger partial charge < -0.3 is 14.2 Å². The highest BCUT2D eigenvalue weighted by atomic mass is 16.6. The Balaban J connectivity index is 3.90. The van der Waals surface area contributed by atoms with E-state index in [9.17, 15) is 14.4 Å². The maximum Gasteiger partial charge on any atom is 0.306 e. The molecule has 0 aliphatic heterocycles. The zero-order valence-electron chi connectivity index (χ0n) is 51.8. The molecule has 0 heterocycles. The van der Waals surface area contributed by atoms with Crippen LogP contribution in [-0.4, -0.2) is 37.2 Å². The van der Waals surface area contributed by atoms with Crippen LogP contribution in [0.25, 0.3) is 0 Å². The van der Waals surface area contributed by atoms with Gasteiger partial charge in [0, 0.05) is 19.3 Å². The minimum atomic E-state index is -0.765. The van der Waals surface area contributed by atoms with Gasteiger partial charge in [0.1, 0.15) is 13.2 Å². The third-order valence-corrected chi connectivity index (χ3v) is 16.0. The number of hydrogen-bond acceptors (Lipinski definition) is 6. The Morgan fingerprint density at radius 3 is 0.658 bits per heavy atom. The van der Waals surface area contributed by atoms with Crippen molar-refractivity contribution in [3.05, 3.63) is 12.2 Å². The summed E-state index contributed by atoms with van der Waals surface area (Å²) in [6.45, 7) is 6.65. The average Bonchev–Trinajstić information content (AvgIpc) is 3.42. The molecule has 0 aliphatic rings. The molecule has 0 aromatic heterocycles. The zero-order valence-corrected chi connectivity index (χ0v) is 51.8. The Bertz CT molecular complexity index is 1180. The lowest BCUT2D eigenvalue weighted by atomic mass is 10.0. The van der Waals surface area contributed by atoms with Crippen LogP contribution >= 0.6 is 0 Å². The zero-order chi connectivity index (χ0) is 55.0. The summed E-state index contributed by atoms with van der Waals surface area (Å²) in [5, 5.41) is 0. The van der Waals surface area contributed by atoms with Crippen molar-refractivity contribution in [2.45, 2.75) is 406 Å². The van der Waals surface area contributed by atoms with E-state index in [0.29, 0.717) is 19.3 Å². The van der Waals surface area contributed by atoms with Crippen molar-refractivity contribution >= 4 is 17.9 Å². The molecule has 76 heavy (non-hydrogen) atoms. The molecular formula is C70H134O6. The van der Waals surface area contributed by atoms with Gasteiger partial charge in [0.15, 0.2) is 6.10 Å². The number of hydrogen-bond donors (Lipinski definition) is 0. The van der Waals surface area contributed by atoms with Gasteiger partial charge in [0.25, 0.3) is 0 Å². The summed E-state index contributed by atoms with van der Waals surface area (Å²) < 4.78 is 16.8. The minimum Gasteiger partial charge on any atom is -0.462 e. The largest absolute Gasteiger partial charge is 0.462 e. The molecule has 0 aromatic carbocycles. The van der Waals surface area contributed by atoms with Crippen molar-refractivity contribution in [1.29, 1.82) is 0 Å². The number of carbonyl (C=O) groups excluding carboxylic acids is 3. The summed E-state index contributed by atoms with van der Waals surface area (Å²) in [5.74, 6) is -0.851. The second-order valence-corrected chi connectivity index (χ2v) is 23.8. The van der Waals surface area contributed by atoms with Gasteiger partial charge in [-0.1, -0.05) is 348 Å². The molecule has 450 valence electrons. The molecule has 1 unspecified atom stereocenters. The molecule has 0 aliphatic carbocycles. The Morgan fingerprint density at radius 1 is 0.250 bits per heavy atom. The molecule has 0 radical (unpaired) electrons. The summed E-state index contributed by atoms with van der Waals surface area (Å²) in [5.41, 5.74) is 0. The van der Waals surface area contributed by atoms with Crippen molar-refractivity contribution in [2.24, 2.45) is 0 Å². The smallest absolute Gasteiger partial charge is 0.306 e. The summed E-state index contributed by atoms with van der Waals surface area (Å²) in [6, 6.07) is 0. The van der Waals surface area contributed by atoms with Crippen LogP contribution in [0, 0.1) is 0 Å². The van der Waals surface area contributed by atoms with Crippen LogP contribution in [0.4, 0.5) is 0 Å². The lowest BCUT2D eigenvalue weighted by Gasteiger charge is -2.18. The first kappa shape index (κ1) is 74.2. The van der Waals surface area contributed by atoms with E-state index in [1.807, 2.05) is 0 Å². The van der Waals surface area contributed by atoms with E-state index in [4.69, 9.17) is 14.2 Å². The van der Waals surface area contributed by atoms with Crippen LogP contribution in [0.2, 0.25) is 0 Å². The Hall–Kier alpha value is -1.85. The monoisotopic (exact) mass is 1070 g/mol. The molecule has 0 rings (SSSR count). The van der Waals surface area contributed by atoms with E-state index in [1.54, 1.807) is 0 Å². The highest BCUT2D eigenvalue weighted by Crippen LogP contribution is 2.19. The van der Waals surface area contributed by atoms with Gasteiger partial charge in [0.2, 0.25) is 0 Å². The van der Waals surface area contributed by atoms with Gasteiger partial charge in [-0.15, -0.1) is 0 Å². The van der Waals surface area contributed by atoms with Crippen molar-refractivity contribution < 1.29 is 28.6 Å². The molecule has 0 fully saturated rings. The minimum absolute atomic E-state index is 0.0655. The second-order valence-electron chi connectivity index (χ2n) is 23.8. The van der Waals surface area contributed by atoms with E-state index < -0.39 is 6.10 Å². The van der Waals surface area contributed by atoms with Gasteiger partial charge in [-0.2, -0.15) is 0 Å². The van der Waals surface area contributed by atoms with Crippen molar-refractivity contribution in [3.8, 4) is 0 Å². The third kappa shape index (κ3) is 63.0.